The molecule has 0 atom stereocenters. The van der Waals surface area contributed by atoms with Gasteiger partial charge in [-0.05, 0) is 62.9 Å². The molecule has 4 nitrogen and oxygen atoms in total. The minimum atomic E-state index is -0.260. The molecule has 0 saturated heterocycles. The van der Waals surface area contributed by atoms with Crippen molar-refractivity contribution in [3.8, 4) is 0 Å². The van der Waals surface area contributed by atoms with Gasteiger partial charge in [0.15, 0.2) is 0 Å². The van der Waals surface area contributed by atoms with Crippen LogP contribution >= 0.6 is 0 Å². The summed E-state index contributed by atoms with van der Waals surface area (Å²) < 4.78 is 11.4. The van der Waals surface area contributed by atoms with Crippen LogP contribution in [0.4, 0.5) is 0 Å². The van der Waals surface area contributed by atoms with Crippen molar-refractivity contribution < 1.29 is 14.3 Å². The van der Waals surface area contributed by atoms with Crippen LogP contribution in [0.1, 0.15) is 67.3 Å². The van der Waals surface area contributed by atoms with Crippen molar-refractivity contribution in [3.05, 3.63) is 90.3 Å². The lowest BCUT2D eigenvalue weighted by molar-refractivity contribution is 0.0497. The van der Waals surface area contributed by atoms with Crippen molar-refractivity contribution in [2.24, 2.45) is 0 Å². The van der Waals surface area contributed by atoms with Crippen molar-refractivity contribution in [2.75, 3.05) is 13.2 Å². The molecule has 190 valence electrons. The molecule has 0 N–H and O–H groups in total. The topological polar surface area (TPSA) is 48.4 Å². The van der Waals surface area contributed by atoms with E-state index in [1.165, 1.54) is 70.0 Å². The highest BCUT2D eigenvalue weighted by molar-refractivity contribution is 6.23. The van der Waals surface area contributed by atoms with Gasteiger partial charge in [0.2, 0.25) is 0 Å². The van der Waals surface area contributed by atoms with E-state index in [9.17, 15) is 4.79 Å². The molecule has 5 rings (SSSR count). The molecular formula is C33H35NO3. The van der Waals surface area contributed by atoms with Gasteiger partial charge in [-0.1, -0.05) is 93.1 Å². The minimum absolute atomic E-state index is 0.260. The number of carbonyl (C=O) groups excluding carboxylic acids is 1. The number of ether oxygens (including phenoxy) is 2. The van der Waals surface area contributed by atoms with Crippen LogP contribution in [0.15, 0.2) is 79.1 Å². The Bertz CT molecular complexity index is 1410. The zero-order chi connectivity index (χ0) is 25.3. The second-order valence-electron chi connectivity index (χ2n) is 9.83. The van der Waals surface area contributed by atoms with E-state index in [4.69, 9.17) is 9.47 Å². The number of aromatic nitrogens is 1. The van der Waals surface area contributed by atoms with Crippen LogP contribution in [0.5, 0.6) is 0 Å². The first-order valence-corrected chi connectivity index (χ1v) is 13.6. The van der Waals surface area contributed by atoms with E-state index in [2.05, 4.69) is 59.6 Å². The molecule has 0 unspecified atom stereocenters. The van der Waals surface area contributed by atoms with Crippen molar-refractivity contribution in [2.45, 2.75) is 58.0 Å². The molecular weight excluding hydrogens is 458 g/mol. The highest BCUT2D eigenvalue weighted by Crippen LogP contribution is 2.36. The molecule has 5 aromatic rings. The maximum atomic E-state index is 11.9. The van der Waals surface area contributed by atoms with Gasteiger partial charge in [0.05, 0.1) is 18.8 Å². The fraction of sp³-hybridized carbons (Fsp3) is 0.333. The van der Waals surface area contributed by atoms with Gasteiger partial charge in [0, 0.05) is 19.0 Å². The van der Waals surface area contributed by atoms with Crippen LogP contribution in [0, 0.1) is 0 Å². The molecule has 0 spiro atoms. The zero-order valence-corrected chi connectivity index (χ0v) is 21.5. The lowest BCUT2D eigenvalue weighted by atomic mass is 9.92. The molecule has 4 heteroatoms. The van der Waals surface area contributed by atoms with Crippen molar-refractivity contribution in [1.82, 2.24) is 4.98 Å². The highest BCUT2D eigenvalue weighted by atomic mass is 16.5. The van der Waals surface area contributed by atoms with Gasteiger partial charge in [-0.2, -0.15) is 0 Å². The lowest BCUT2D eigenvalue weighted by Crippen LogP contribution is -2.06. The molecule has 0 radical (unpaired) electrons. The van der Waals surface area contributed by atoms with Gasteiger partial charge >= 0.3 is 5.97 Å². The number of esters is 1. The number of rotatable bonds is 14. The van der Waals surface area contributed by atoms with Gasteiger partial charge < -0.3 is 9.47 Å². The largest absolute Gasteiger partial charge is 0.462 e. The highest BCUT2D eigenvalue weighted by Gasteiger charge is 2.10. The maximum absolute atomic E-state index is 11.9. The van der Waals surface area contributed by atoms with E-state index in [1.54, 1.807) is 24.5 Å². The SMILES string of the molecule is O=C(OCCCCCCCCCCOCc1ccc2ccc3cccc4ccc1c2c34)c1ccncc1. The Kier molecular flexibility index (Phi) is 8.60. The average molecular weight is 494 g/mol. The third-order valence-corrected chi connectivity index (χ3v) is 7.21. The van der Waals surface area contributed by atoms with Crippen LogP contribution in [0.25, 0.3) is 32.3 Å². The number of nitrogens with zero attached hydrogens (tertiary/aromatic N) is 1. The van der Waals surface area contributed by atoms with E-state index in [0.717, 1.165) is 25.9 Å². The standard InChI is InChI=1S/C33H35NO3/c35-33(28-18-20-34-21-19-28)37-23-8-6-4-2-1-3-5-7-22-36-24-29-15-14-27-13-12-25-10-9-11-26-16-17-30(29)32(27)31(25)26/h9-21H,1-8,22-24H2. The van der Waals surface area contributed by atoms with Crippen LogP contribution in [0.3, 0.4) is 0 Å². The van der Waals surface area contributed by atoms with E-state index in [-0.39, 0.29) is 5.97 Å². The Labute approximate surface area is 219 Å². The first-order valence-electron chi connectivity index (χ1n) is 13.6. The van der Waals surface area contributed by atoms with E-state index in [0.29, 0.717) is 18.8 Å². The maximum Gasteiger partial charge on any atom is 0.338 e. The monoisotopic (exact) mass is 493 g/mol. The second kappa shape index (κ2) is 12.6. The van der Waals surface area contributed by atoms with Gasteiger partial charge in [0.25, 0.3) is 0 Å². The molecule has 1 heterocycles. The summed E-state index contributed by atoms with van der Waals surface area (Å²) in [5.41, 5.74) is 1.84. The van der Waals surface area contributed by atoms with Crippen molar-refractivity contribution in [3.63, 3.8) is 0 Å². The van der Waals surface area contributed by atoms with Gasteiger partial charge in [0.1, 0.15) is 0 Å². The normalized spacial score (nSPS) is 11.6. The van der Waals surface area contributed by atoms with Gasteiger partial charge in [-0.25, -0.2) is 4.79 Å². The third kappa shape index (κ3) is 6.26. The Balaban J connectivity index is 0.946. The number of pyridine rings is 1. The molecule has 1 aromatic heterocycles. The minimum Gasteiger partial charge on any atom is -0.462 e. The summed E-state index contributed by atoms with van der Waals surface area (Å²) in [5.74, 6) is -0.260. The third-order valence-electron chi connectivity index (χ3n) is 7.21. The summed E-state index contributed by atoms with van der Waals surface area (Å²) in [7, 11) is 0. The van der Waals surface area contributed by atoms with Crippen molar-refractivity contribution in [1.29, 1.82) is 0 Å². The second-order valence-corrected chi connectivity index (χ2v) is 9.83. The Morgan fingerprint density at radius 3 is 1.95 bits per heavy atom. The van der Waals surface area contributed by atoms with Gasteiger partial charge in [-0.15, -0.1) is 0 Å². The molecule has 0 fully saturated rings. The van der Waals surface area contributed by atoms with Crippen LogP contribution in [-0.2, 0) is 16.1 Å². The van der Waals surface area contributed by atoms with E-state index >= 15 is 0 Å². The molecule has 0 bridgehead atoms. The summed E-state index contributed by atoms with van der Waals surface area (Å²) in [6, 6.07) is 23.3. The molecule has 0 amide bonds. The Hall–Kier alpha value is -3.50. The summed E-state index contributed by atoms with van der Waals surface area (Å²) in [5, 5.41) is 7.95. The summed E-state index contributed by atoms with van der Waals surface area (Å²) >= 11 is 0. The fourth-order valence-corrected chi connectivity index (χ4v) is 5.21. The first-order chi connectivity index (χ1) is 18.3. The quantitative estimate of drug-likeness (QED) is 0.0884. The predicted molar refractivity (Wildman–Crippen MR) is 151 cm³/mol. The number of benzene rings is 4. The number of hydrogen-bond acceptors (Lipinski definition) is 4. The predicted octanol–water partition coefficient (Wildman–Crippen LogP) is 8.47. The molecule has 4 aromatic carbocycles. The van der Waals surface area contributed by atoms with Crippen LogP contribution < -0.4 is 0 Å². The molecule has 37 heavy (non-hydrogen) atoms. The molecule has 0 saturated carbocycles. The van der Waals surface area contributed by atoms with Crippen molar-refractivity contribution >= 4 is 38.3 Å². The first kappa shape index (κ1) is 25.2. The molecule has 0 aliphatic heterocycles. The Morgan fingerprint density at radius 1 is 0.622 bits per heavy atom. The number of unbranched alkanes of at least 4 members (excludes halogenated alkanes) is 7. The smallest absolute Gasteiger partial charge is 0.338 e. The average Bonchev–Trinajstić information content (AvgIpc) is 2.95. The lowest BCUT2D eigenvalue weighted by Gasteiger charge is -2.14. The molecule has 0 aliphatic carbocycles. The van der Waals surface area contributed by atoms with E-state index in [1.807, 2.05) is 0 Å². The molecule has 0 aliphatic rings. The van der Waals surface area contributed by atoms with Crippen LogP contribution in [0.2, 0.25) is 0 Å². The number of carbonyl (C=O) groups is 1. The summed E-state index contributed by atoms with van der Waals surface area (Å²) in [6.45, 7) is 1.97. The summed E-state index contributed by atoms with van der Waals surface area (Å²) in [6.07, 6.45) is 12.5. The number of hydrogen-bond donors (Lipinski definition) is 0. The van der Waals surface area contributed by atoms with Crippen LogP contribution in [-0.4, -0.2) is 24.2 Å². The van der Waals surface area contributed by atoms with Gasteiger partial charge in [-0.3, -0.25) is 4.98 Å². The van der Waals surface area contributed by atoms with E-state index < -0.39 is 0 Å². The fourth-order valence-electron chi connectivity index (χ4n) is 5.21. The summed E-state index contributed by atoms with van der Waals surface area (Å²) in [4.78, 5) is 15.8. The zero-order valence-electron chi connectivity index (χ0n) is 21.5. The Morgan fingerprint density at radius 2 is 1.22 bits per heavy atom.